The van der Waals surface area contributed by atoms with Crippen LogP contribution in [0, 0.1) is 11.6 Å². The summed E-state index contributed by atoms with van der Waals surface area (Å²) in [5.74, 6) is -0.871. The van der Waals surface area contributed by atoms with Crippen LogP contribution in [0.5, 0.6) is 0 Å². The smallest absolute Gasteiger partial charge is 0.181 e. The van der Waals surface area contributed by atoms with Crippen LogP contribution in [0.3, 0.4) is 0 Å². The molecule has 29 heavy (non-hydrogen) atoms. The van der Waals surface area contributed by atoms with Crippen LogP contribution < -0.4 is 4.72 Å². The Labute approximate surface area is 175 Å². The van der Waals surface area contributed by atoms with E-state index in [2.05, 4.69) is 9.71 Å². The summed E-state index contributed by atoms with van der Waals surface area (Å²) >= 11 is 5.96. The van der Waals surface area contributed by atoms with Gasteiger partial charge in [-0.25, -0.2) is 22.7 Å². The molecule has 0 spiro atoms. The molecule has 0 saturated heterocycles. The average molecular weight is 439 g/mol. The molecule has 154 valence electrons. The second kappa shape index (κ2) is 8.73. The van der Waals surface area contributed by atoms with Crippen LogP contribution in [-0.4, -0.2) is 13.9 Å². The van der Waals surface area contributed by atoms with Crippen LogP contribution in [0.4, 0.5) is 8.78 Å². The lowest BCUT2D eigenvalue weighted by molar-refractivity contribution is 0.558. The first-order valence-electron chi connectivity index (χ1n) is 8.96. The van der Waals surface area contributed by atoms with Crippen LogP contribution in [0.2, 0.25) is 5.02 Å². The minimum Gasteiger partial charge on any atom is -0.443 e. The van der Waals surface area contributed by atoms with E-state index in [-0.39, 0.29) is 6.42 Å². The molecule has 0 radical (unpaired) electrons. The summed E-state index contributed by atoms with van der Waals surface area (Å²) in [6.45, 7) is 5.49. The maximum absolute atomic E-state index is 13.7. The Morgan fingerprint density at radius 2 is 1.76 bits per heavy atom. The van der Waals surface area contributed by atoms with Crippen molar-refractivity contribution < 1.29 is 17.4 Å². The zero-order chi connectivity index (χ0) is 21.2. The second-order valence-corrected chi connectivity index (χ2v) is 10.0. The molecule has 2 aromatic carbocycles. The SMILES string of the molecule is CC(C)(C)[S@](=O)NC(Cc1cc(F)cc(F)c1)c1ncoc1-c1ccc(Cl)cc1. The van der Waals surface area contributed by atoms with Gasteiger partial charge in [0, 0.05) is 16.7 Å². The monoisotopic (exact) mass is 438 g/mol. The van der Waals surface area contributed by atoms with Gasteiger partial charge in [-0.3, -0.25) is 0 Å². The molecule has 1 heterocycles. The summed E-state index contributed by atoms with van der Waals surface area (Å²) in [4.78, 5) is 4.31. The first kappa shape index (κ1) is 21.6. The zero-order valence-electron chi connectivity index (χ0n) is 16.2. The largest absolute Gasteiger partial charge is 0.443 e. The summed E-state index contributed by atoms with van der Waals surface area (Å²) in [7, 11) is -1.44. The number of hydrogen-bond acceptors (Lipinski definition) is 3. The number of hydrogen-bond donors (Lipinski definition) is 1. The van der Waals surface area contributed by atoms with Crippen LogP contribution >= 0.6 is 11.6 Å². The van der Waals surface area contributed by atoms with Gasteiger partial charge in [-0.1, -0.05) is 11.6 Å². The first-order valence-corrected chi connectivity index (χ1v) is 10.5. The third-order valence-corrected chi connectivity index (χ3v) is 6.06. The van der Waals surface area contributed by atoms with Crippen LogP contribution in [0.15, 0.2) is 53.3 Å². The molecule has 0 bridgehead atoms. The molecule has 0 aliphatic heterocycles. The van der Waals surface area contributed by atoms with E-state index in [0.29, 0.717) is 22.0 Å². The van der Waals surface area contributed by atoms with Crippen LogP contribution in [-0.2, 0) is 17.4 Å². The first-order chi connectivity index (χ1) is 13.6. The maximum Gasteiger partial charge on any atom is 0.181 e. The minimum atomic E-state index is -1.44. The van der Waals surface area contributed by atoms with Gasteiger partial charge in [0.25, 0.3) is 0 Å². The molecule has 1 N–H and O–H groups in total. The van der Waals surface area contributed by atoms with E-state index in [4.69, 9.17) is 16.0 Å². The van der Waals surface area contributed by atoms with Crippen molar-refractivity contribution in [2.45, 2.75) is 38.0 Å². The number of benzene rings is 2. The molecule has 0 aliphatic carbocycles. The van der Waals surface area contributed by atoms with Gasteiger partial charge in [0.1, 0.15) is 17.3 Å². The molecule has 4 nitrogen and oxygen atoms in total. The highest BCUT2D eigenvalue weighted by atomic mass is 35.5. The summed E-state index contributed by atoms with van der Waals surface area (Å²) in [5.41, 5.74) is 1.64. The predicted octanol–water partition coefficient (Wildman–Crippen LogP) is 5.61. The normalized spacial score (nSPS) is 14.0. The Kier molecular flexibility index (Phi) is 6.51. The van der Waals surface area contributed by atoms with Crippen LogP contribution in [0.25, 0.3) is 11.3 Å². The summed E-state index contributed by atoms with van der Waals surface area (Å²) in [5, 5.41) is 0.577. The Hall–Kier alpha value is -2.09. The van der Waals surface area contributed by atoms with Crippen LogP contribution in [0.1, 0.15) is 38.1 Å². The topological polar surface area (TPSA) is 55.1 Å². The van der Waals surface area contributed by atoms with Crippen molar-refractivity contribution in [2.75, 3.05) is 0 Å². The molecule has 0 fully saturated rings. The lowest BCUT2D eigenvalue weighted by Gasteiger charge is -2.24. The van der Waals surface area contributed by atoms with Crippen molar-refractivity contribution in [1.82, 2.24) is 9.71 Å². The van der Waals surface area contributed by atoms with Crippen molar-refractivity contribution in [1.29, 1.82) is 0 Å². The lowest BCUT2D eigenvalue weighted by Crippen LogP contribution is -2.36. The number of nitrogens with one attached hydrogen (secondary N) is 1. The van der Waals surface area contributed by atoms with Gasteiger partial charge in [0.15, 0.2) is 12.2 Å². The lowest BCUT2D eigenvalue weighted by atomic mass is 10.0. The Morgan fingerprint density at radius 3 is 2.34 bits per heavy atom. The Bertz CT molecular complexity index is 996. The van der Waals surface area contributed by atoms with E-state index >= 15 is 0 Å². The van der Waals surface area contributed by atoms with E-state index in [0.717, 1.165) is 11.6 Å². The molecule has 0 amide bonds. The molecule has 8 heteroatoms. The third kappa shape index (κ3) is 5.50. The molecule has 2 atom stereocenters. The molecular formula is C21H21ClF2N2O2S. The fourth-order valence-corrected chi connectivity index (χ4v) is 3.72. The number of rotatable bonds is 6. The molecule has 0 saturated carbocycles. The third-order valence-electron chi connectivity index (χ3n) is 4.20. The molecule has 1 unspecified atom stereocenters. The highest BCUT2D eigenvalue weighted by Gasteiger charge is 2.28. The Balaban J connectivity index is 2.00. The summed E-state index contributed by atoms with van der Waals surface area (Å²) in [6, 6.07) is 9.73. The van der Waals surface area contributed by atoms with Gasteiger partial charge >= 0.3 is 0 Å². The highest BCUT2D eigenvalue weighted by molar-refractivity contribution is 7.84. The maximum atomic E-state index is 13.7. The predicted molar refractivity (Wildman–Crippen MR) is 111 cm³/mol. The van der Waals surface area contributed by atoms with E-state index in [1.807, 2.05) is 20.8 Å². The van der Waals surface area contributed by atoms with Gasteiger partial charge < -0.3 is 4.42 Å². The average Bonchev–Trinajstić information content (AvgIpc) is 3.09. The van der Waals surface area contributed by atoms with Crippen molar-refractivity contribution in [2.24, 2.45) is 0 Å². The highest BCUT2D eigenvalue weighted by Crippen LogP contribution is 2.31. The fraction of sp³-hybridized carbons (Fsp3) is 0.286. The fourth-order valence-electron chi connectivity index (χ4n) is 2.78. The zero-order valence-corrected chi connectivity index (χ0v) is 17.8. The number of halogens is 3. The van der Waals surface area contributed by atoms with Crippen molar-refractivity contribution in [3.05, 3.63) is 76.8 Å². The quantitative estimate of drug-likeness (QED) is 0.544. The molecule has 0 aliphatic rings. The Morgan fingerprint density at radius 1 is 1.14 bits per heavy atom. The molecule has 1 aromatic heterocycles. The number of oxazole rings is 1. The standard InChI is InChI=1S/C21H21ClF2N2O2S/c1-21(2,3)29(27)26-18(10-13-8-16(23)11-17(24)9-13)19-20(28-12-25-19)14-4-6-15(22)7-5-14/h4-9,11-12,18,26H,10H2,1-3H3/t18?,29-/m0/s1. The van der Waals surface area contributed by atoms with E-state index in [1.165, 1.54) is 18.5 Å². The summed E-state index contributed by atoms with van der Waals surface area (Å²) < 4.78 is 48.2. The second-order valence-electron chi connectivity index (χ2n) is 7.61. The number of aromatic nitrogens is 1. The van der Waals surface area contributed by atoms with Crippen molar-refractivity contribution >= 4 is 22.6 Å². The molecule has 3 aromatic rings. The van der Waals surface area contributed by atoms with E-state index in [9.17, 15) is 13.0 Å². The van der Waals surface area contributed by atoms with Gasteiger partial charge in [-0.2, -0.15) is 0 Å². The van der Waals surface area contributed by atoms with Gasteiger partial charge in [-0.15, -0.1) is 0 Å². The van der Waals surface area contributed by atoms with Gasteiger partial charge in [0.2, 0.25) is 0 Å². The van der Waals surface area contributed by atoms with Gasteiger partial charge in [-0.05, 0) is 69.2 Å². The van der Waals surface area contributed by atoms with E-state index in [1.54, 1.807) is 24.3 Å². The van der Waals surface area contributed by atoms with Gasteiger partial charge in [0.05, 0.1) is 21.8 Å². The molecule has 3 rings (SSSR count). The summed E-state index contributed by atoms with van der Waals surface area (Å²) in [6.07, 6.45) is 1.46. The van der Waals surface area contributed by atoms with Crippen molar-refractivity contribution in [3.63, 3.8) is 0 Å². The van der Waals surface area contributed by atoms with Crippen molar-refractivity contribution in [3.8, 4) is 11.3 Å². The van der Waals surface area contributed by atoms with E-state index < -0.39 is 33.4 Å². The molecular weight excluding hydrogens is 418 g/mol. The number of nitrogens with zero attached hydrogens (tertiary/aromatic N) is 1. The minimum absolute atomic E-state index is 0.170.